The van der Waals surface area contributed by atoms with E-state index in [-0.39, 0.29) is 24.2 Å². The summed E-state index contributed by atoms with van der Waals surface area (Å²) in [6.07, 6.45) is 0. The van der Waals surface area contributed by atoms with Crippen molar-refractivity contribution in [2.75, 3.05) is 0 Å². The molecule has 0 aromatic heterocycles. The lowest BCUT2D eigenvalue weighted by Crippen LogP contribution is -2.55. The molecule has 2 amide bonds. The molecule has 6 nitrogen and oxygen atoms in total. The third-order valence-electron chi connectivity index (χ3n) is 2.35. The number of halogens is 1. The summed E-state index contributed by atoms with van der Waals surface area (Å²) >= 11 is 0. The van der Waals surface area contributed by atoms with Crippen molar-refractivity contribution < 1.29 is 9.59 Å². The van der Waals surface area contributed by atoms with E-state index in [1.165, 1.54) is 0 Å². The van der Waals surface area contributed by atoms with Gasteiger partial charge in [0.15, 0.2) is 0 Å². The van der Waals surface area contributed by atoms with Crippen LogP contribution in [0.3, 0.4) is 0 Å². The minimum absolute atomic E-state index is 0. The first-order valence-electron chi connectivity index (χ1n) is 5.38. The van der Waals surface area contributed by atoms with E-state index in [0.29, 0.717) is 0 Å². The van der Waals surface area contributed by atoms with Crippen LogP contribution in [0.5, 0.6) is 0 Å². The Morgan fingerprint density at radius 3 is 1.24 bits per heavy atom. The molecule has 2 atom stereocenters. The number of nitrogens with two attached hydrogens (primary N) is 2. The molecule has 0 aromatic carbocycles. The number of carbonyl (C=O) groups excluding carboxylic acids is 2. The molecule has 0 spiro atoms. The van der Waals surface area contributed by atoms with Gasteiger partial charge in [-0.3, -0.25) is 20.4 Å². The fourth-order valence-electron chi connectivity index (χ4n) is 0.895. The first-order valence-corrected chi connectivity index (χ1v) is 5.38. The van der Waals surface area contributed by atoms with E-state index in [2.05, 4.69) is 10.9 Å². The standard InChI is InChI=1S/C10H22N4O2.ClH/c1-5(2)7(11)9(15)13-14-10(16)8(12)6(3)4;/h5-8H,11-12H2,1-4H3,(H,13,15)(H,14,16);1H. The maximum absolute atomic E-state index is 11.4. The van der Waals surface area contributed by atoms with Gasteiger partial charge in [0.1, 0.15) is 0 Å². The molecule has 0 aliphatic rings. The summed E-state index contributed by atoms with van der Waals surface area (Å²) in [7, 11) is 0. The van der Waals surface area contributed by atoms with Crippen LogP contribution in [0.2, 0.25) is 0 Å². The quantitative estimate of drug-likeness (QED) is 0.515. The Labute approximate surface area is 108 Å². The van der Waals surface area contributed by atoms with Crippen molar-refractivity contribution in [1.82, 2.24) is 10.9 Å². The summed E-state index contributed by atoms with van der Waals surface area (Å²) in [6, 6.07) is -1.29. The van der Waals surface area contributed by atoms with E-state index in [9.17, 15) is 9.59 Å². The summed E-state index contributed by atoms with van der Waals surface area (Å²) in [5, 5.41) is 0. The van der Waals surface area contributed by atoms with Crippen LogP contribution in [-0.4, -0.2) is 23.9 Å². The van der Waals surface area contributed by atoms with Gasteiger partial charge in [0, 0.05) is 0 Å². The molecule has 6 N–H and O–H groups in total. The zero-order chi connectivity index (χ0) is 12.9. The molecule has 7 heteroatoms. The van der Waals surface area contributed by atoms with Gasteiger partial charge in [-0.05, 0) is 11.8 Å². The number of carbonyl (C=O) groups is 2. The van der Waals surface area contributed by atoms with E-state index in [0.717, 1.165) is 0 Å². The van der Waals surface area contributed by atoms with Crippen LogP contribution < -0.4 is 22.3 Å². The predicted molar refractivity (Wildman–Crippen MR) is 69.2 cm³/mol. The Morgan fingerprint density at radius 1 is 0.824 bits per heavy atom. The molecule has 2 unspecified atom stereocenters. The molecule has 0 fully saturated rings. The maximum Gasteiger partial charge on any atom is 0.255 e. The second-order valence-electron chi connectivity index (χ2n) is 4.52. The number of nitrogens with one attached hydrogen (secondary N) is 2. The van der Waals surface area contributed by atoms with Crippen LogP contribution in [0.4, 0.5) is 0 Å². The van der Waals surface area contributed by atoms with Crippen molar-refractivity contribution in [3.63, 3.8) is 0 Å². The molecule has 0 rings (SSSR count). The summed E-state index contributed by atoms with van der Waals surface area (Å²) in [5.74, 6) is -0.815. The Morgan fingerprint density at radius 2 is 1.06 bits per heavy atom. The Balaban J connectivity index is 0. The maximum atomic E-state index is 11.4. The van der Waals surface area contributed by atoms with Gasteiger partial charge in [0.2, 0.25) is 0 Å². The number of hydrazine groups is 1. The molecule has 0 saturated heterocycles. The summed E-state index contributed by atoms with van der Waals surface area (Å²) in [5.41, 5.74) is 15.7. The topological polar surface area (TPSA) is 110 Å². The second kappa shape index (κ2) is 8.27. The lowest BCUT2D eigenvalue weighted by Gasteiger charge is -2.18. The Hall–Kier alpha value is -0.850. The minimum Gasteiger partial charge on any atom is -0.320 e. The van der Waals surface area contributed by atoms with Crippen molar-refractivity contribution in [2.24, 2.45) is 23.3 Å². The largest absolute Gasteiger partial charge is 0.320 e. The number of rotatable bonds is 4. The van der Waals surface area contributed by atoms with Crippen LogP contribution in [0.25, 0.3) is 0 Å². The van der Waals surface area contributed by atoms with Gasteiger partial charge in [0.25, 0.3) is 11.8 Å². The van der Waals surface area contributed by atoms with Crippen molar-refractivity contribution in [1.29, 1.82) is 0 Å². The Kier molecular flexibility index (Phi) is 9.01. The molecule has 0 aliphatic carbocycles. The first-order chi connectivity index (χ1) is 7.27. The molecule has 0 aromatic rings. The molecule has 0 saturated carbocycles. The lowest BCUT2D eigenvalue weighted by atomic mass is 10.0. The Bertz CT molecular complexity index is 233. The van der Waals surface area contributed by atoms with Gasteiger partial charge in [-0.25, -0.2) is 0 Å². The van der Waals surface area contributed by atoms with E-state index < -0.39 is 23.9 Å². The normalized spacial score (nSPS) is 13.9. The first kappa shape index (κ1) is 18.5. The second-order valence-corrected chi connectivity index (χ2v) is 4.52. The highest BCUT2D eigenvalue weighted by molar-refractivity contribution is 5.87. The molecular formula is C10H23ClN4O2. The molecule has 17 heavy (non-hydrogen) atoms. The van der Waals surface area contributed by atoms with Gasteiger partial charge in [-0.15, -0.1) is 12.4 Å². The summed E-state index contributed by atoms with van der Waals surface area (Å²) in [4.78, 5) is 22.8. The van der Waals surface area contributed by atoms with Crippen molar-refractivity contribution in [3.05, 3.63) is 0 Å². The van der Waals surface area contributed by atoms with Gasteiger partial charge in [0.05, 0.1) is 12.1 Å². The van der Waals surface area contributed by atoms with E-state index in [1.807, 2.05) is 27.7 Å². The highest BCUT2D eigenvalue weighted by atomic mass is 35.5. The van der Waals surface area contributed by atoms with Crippen molar-refractivity contribution in [2.45, 2.75) is 39.8 Å². The number of amides is 2. The molecule has 102 valence electrons. The minimum atomic E-state index is -0.643. The van der Waals surface area contributed by atoms with E-state index >= 15 is 0 Å². The predicted octanol–water partition coefficient (Wildman–Crippen LogP) is -0.478. The third-order valence-corrected chi connectivity index (χ3v) is 2.35. The van der Waals surface area contributed by atoms with Crippen LogP contribution in [-0.2, 0) is 9.59 Å². The fraction of sp³-hybridized carbons (Fsp3) is 0.800. The number of hydrogen-bond acceptors (Lipinski definition) is 4. The van der Waals surface area contributed by atoms with Crippen LogP contribution in [0.15, 0.2) is 0 Å². The molecule has 0 aliphatic heterocycles. The monoisotopic (exact) mass is 266 g/mol. The lowest BCUT2D eigenvalue weighted by molar-refractivity contribution is -0.131. The third kappa shape index (κ3) is 6.45. The average Bonchev–Trinajstić information content (AvgIpc) is 2.22. The SMILES string of the molecule is CC(C)C(N)C(=O)NNC(=O)C(N)C(C)C.Cl. The summed E-state index contributed by atoms with van der Waals surface area (Å²) < 4.78 is 0. The smallest absolute Gasteiger partial charge is 0.255 e. The van der Waals surface area contributed by atoms with Crippen LogP contribution in [0.1, 0.15) is 27.7 Å². The van der Waals surface area contributed by atoms with E-state index in [4.69, 9.17) is 11.5 Å². The highest BCUT2D eigenvalue weighted by Crippen LogP contribution is 1.98. The molecule has 0 heterocycles. The zero-order valence-corrected chi connectivity index (χ0v) is 11.5. The van der Waals surface area contributed by atoms with Crippen LogP contribution in [0, 0.1) is 11.8 Å². The van der Waals surface area contributed by atoms with Crippen molar-refractivity contribution >= 4 is 24.2 Å². The fourth-order valence-corrected chi connectivity index (χ4v) is 0.895. The van der Waals surface area contributed by atoms with Crippen molar-refractivity contribution in [3.8, 4) is 0 Å². The number of hydrogen-bond donors (Lipinski definition) is 4. The highest BCUT2D eigenvalue weighted by Gasteiger charge is 2.20. The zero-order valence-electron chi connectivity index (χ0n) is 10.7. The van der Waals surface area contributed by atoms with Gasteiger partial charge >= 0.3 is 0 Å². The van der Waals surface area contributed by atoms with Gasteiger partial charge < -0.3 is 11.5 Å². The van der Waals surface area contributed by atoms with Gasteiger partial charge in [-0.2, -0.15) is 0 Å². The summed E-state index contributed by atoms with van der Waals surface area (Å²) in [6.45, 7) is 7.30. The van der Waals surface area contributed by atoms with E-state index in [1.54, 1.807) is 0 Å². The van der Waals surface area contributed by atoms with Gasteiger partial charge in [-0.1, -0.05) is 27.7 Å². The molecule has 0 bridgehead atoms. The molecular weight excluding hydrogens is 244 g/mol. The average molecular weight is 267 g/mol. The molecule has 0 radical (unpaired) electrons. The van der Waals surface area contributed by atoms with Crippen LogP contribution >= 0.6 is 12.4 Å².